The highest BCUT2D eigenvalue weighted by atomic mass is 32.2. The molecule has 1 fully saturated rings. The Balaban J connectivity index is 1.55. The number of amides is 1. The second kappa shape index (κ2) is 9.15. The summed E-state index contributed by atoms with van der Waals surface area (Å²) in [6.07, 6.45) is 2.10. The van der Waals surface area contributed by atoms with Crippen molar-refractivity contribution in [2.75, 3.05) is 30.9 Å². The maximum atomic E-state index is 13.2. The third-order valence-corrected chi connectivity index (χ3v) is 6.95. The van der Waals surface area contributed by atoms with E-state index in [1.807, 2.05) is 18.2 Å². The van der Waals surface area contributed by atoms with Gasteiger partial charge >= 0.3 is 0 Å². The first-order valence-electron chi connectivity index (χ1n) is 9.68. The van der Waals surface area contributed by atoms with Gasteiger partial charge < -0.3 is 9.47 Å². The lowest BCUT2D eigenvalue weighted by atomic mass is 10.2. The van der Waals surface area contributed by atoms with E-state index in [0.29, 0.717) is 12.3 Å². The van der Waals surface area contributed by atoms with Crippen LogP contribution in [0.3, 0.4) is 0 Å². The molecule has 0 bridgehead atoms. The average Bonchev–Trinajstić information content (AvgIpc) is 3.40. The van der Waals surface area contributed by atoms with Crippen LogP contribution in [0.15, 0.2) is 47.4 Å². The van der Waals surface area contributed by atoms with Gasteiger partial charge in [-0.05, 0) is 50.1 Å². The summed E-state index contributed by atoms with van der Waals surface area (Å²) >= 11 is 3.08. The molecule has 7 heteroatoms. The van der Waals surface area contributed by atoms with Crippen LogP contribution in [0.1, 0.15) is 18.4 Å². The predicted octanol–water partition coefficient (Wildman–Crippen LogP) is 4.92. The molecule has 0 aliphatic carbocycles. The number of carbonyl (C=O) groups is 1. The zero-order valence-corrected chi connectivity index (χ0v) is 18.2. The fourth-order valence-electron chi connectivity index (χ4n) is 3.27. The number of nitrogens with zero attached hydrogens (tertiary/aromatic N) is 2. The van der Waals surface area contributed by atoms with Crippen LogP contribution in [-0.2, 0) is 9.53 Å². The van der Waals surface area contributed by atoms with E-state index >= 15 is 0 Å². The average molecular weight is 429 g/mol. The molecule has 152 valence electrons. The van der Waals surface area contributed by atoms with Crippen molar-refractivity contribution in [3.63, 3.8) is 0 Å². The molecule has 4 rings (SSSR count). The lowest BCUT2D eigenvalue weighted by Crippen LogP contribution is -2.38. The number of ether oxygens (including phenoxy) is 2. The van der Waals surface area contributed by atoms with E-state index in [9.17, 15) is 4.79 Å². The van der Waals surface area contributed by atoms with Crippen LogP contribution in [0, 0.1) is 6.92 Å². The van der Waals surface area contributed by atoms with Gasteiger partial charge in [-0.1, -0.05) is 29.0 Å². The molecule has 1 amide bonds. The minimum absolute atomic E-state index is 0.0529. The fourth-order valence-corrected chi connectivity index (χ4v) is 5.07. The van der Waals surface area contributed by atoms with E-state index in [1.165, 1.54) is 16.9 Å². The number of benzene rings is 2. The number of hydrogen-bond acceptors (Lipinski definition) is 6. The molecule has 1 aliphatic heterocycles. The number of aryl methyl sites for hydroxylation is 1. The van der Waals surface area contributed by atoms with Crippen molar-refractivity contribution in [2.45, 2.75) is 30.8 Å². The molecule has 0 radical (unpaired) electrons. The molecule has 2 heterocycles. The summed E-state index contributed by atoms with van der Waals surface area (Å²) in [6.45, 7) is 3.37. The first-order chi connectivity index (χ1) is 14.1. The molecule has 0 saturated carbocycles. The SMILES string of the molecule is COc1ccc2nc(N(CC3CCCO3)C(=O)CSc3ccc(C)cc3)sc2c1. The summed E-state index contributed by atoms with van der Waals surface area (Å²) in [5.41, 5.74) is 2.09. The zero-order valence-electron chi connectivity index (χ0n) is 16.6. The molecule has 0 N–H and O–H groups in total. The summed E-state index contributed by atoms with van der Waals surface area (Å²) in [6, 6.07) is 14.0. The molecule has 1 aliphatic rings. The van der Waals surface area contributed by atoms with E-state index in [2.05, 4.69) is 31.2 Å². The number of methoxy groups -OCH3 is 1. The third-order valence-electron chi connectivity index (χ3n) is 4.91. The van der Waals surface area contributed by atoms with Crippen LogP contribution < -0.4 is 9.64 Å². The number of rotatable bonds is 7. The van der Waals surface area contributed by atoms with E-state index in [-0.39, 0.29) is 12.0 Å². The Morgan fingerprint density at radius 1 is 1.31 bits per heavy atom. The Morgan fingerprint density at radius 2 is 2.14 bits per heavy atom. The van der Waals surface area contributed by atoms with Gasteiger partial charge in [0.15, 0.2) is 5.13 Å². The lowest BCUT2D eigenvalue weighted by Gasteiger charge is -2.23. The summed E-state index contributed by atoms with van der Waals surface area (Å²) < 4.78 is 12.1. The van der Waals surface area contributed by atoms with Gasteiger partial charge in [-0.2, -0.15) is 0 Å². The third kappa shape index (κ3) is 4.91. The number of thiazole rings is 1. The normalized spacial score (nSPS) is 16.3. The number of hydrogen-bond donors (Lipinski definition) is 0. The number of thioether (sulfide) groups is 1. The quantitative estimate of drug-likeness (QED) is 0.500. The zero-order chi connectivity index (χ0) is 20.2. The molecule has 0 spiro atoms. The number of aromatic nitrogens is 1. The van der Waals surface area contributed by atoms with Crippen LogP contribution >= 0.6 is 23.1 Å². The van der Waals surface area contributed by atoms with Gasteiger partial charge in [-0.15, -0.1) is 11.8 Å². The van der Waals surface area contributed by atoms with Crippen molar-refractivity contribution < 1.29 is 14.3 Å². The number of carbonyl (C=O) groups excluding carboxylic acids is 1. The van der Waals surface area contributed by atoms with E-state index in [4.69, 9.17) is 14.5 Å². The topological polar surface area (TPSA) is 51.7 Å². The van der Waals surface area contributed by atoms with E-state index in [0.717, 1.165) is 45.4 Å². The second-order valence-electron chi connectivity index (χ2n) is 7.07. The Bertz CT molecular complexity index is 981. The lowest BCUT2D eigenvalue weighted by molar-refractivity contribution is -0.116. The molecule has 1 aromatic heterocycles. The van der Waals surface area contributed by atoms with Crippen molar-refractivity contribution in [1.82, 2.24) is 4.98 Å². The van der Waals surface area contributed by atoms with Gasteiger partial charge in [0, 0.05) is 11.5 Å². The van der Waals surface area contributed by atoms with Gasteiger partial charge in [-0.3, -0.25) is 9.69 Å². The standard InChI is InChI=1S/C22H24N2O3S2/c1-15-5-8-18(9-6-15)28-14-21(25)24(13-17-4-3-11-27-17)22-23-19-10-7-16(26-2)12-20(19)29-22/h5-10,12,17H,3-4,11,13-14H2,1-2H3. The highest BCUT2D eigenvalue weighted by Crippen LogP contribution is 2.33. The van der Waals surface area contributed by atoms with Crippen LogP contribution in [-0.4, -0.2) is 43.0 Å². The molecule has 5 nitrogen and oxygen atoms in total. The Hall–Kier alpha value is -2.09. The molecule has 1 atom stereocenters. The molecule has 1 unspecified atom stereocenters. The molecule has 2 aromatic carbocycles. The molecule has 1 saturated heterocycles. The van der Waals surface area contributed by atoms with Gasteiger partial charge in [0.25, 0.3) is 0 Å². The van der Waals surface area contributed by atoms with Crippen molar-refractivity contribution in [3.8, 4) is 5.75 Å². The van der Waals surface area contributed by atoms with Crippen molar-refractivity contribution >= 4 is 44.4 Å². The first kappa shape index (κ1) is 20.2. The number of fused-ring (bicyclic) bond motifs is 1. The van der Waals surface area contributed by atoms with Gasteiger partial charge in [0.2, 0.25) is 5.91 Å². The van der Waals surface area contributed by atoms with Gasteiger partial charge in [0.1, 0.15) is 5.75 Å². The Kier molecular flexibility index (Phi) is 6.37. The largest absolute Gasteiger partial charge is 0.497 e. The molecule has 3 aromatic rings. The van der Waals surface area contributed by atoms with Gasteiger partial charge in [0.05, 0.1) is 35.7 Å². The monoisotopic (exact) mass is 428 g/mol. The minimum atomic E-state index is 0.0529. The summed E-state index contributed by atoms with van der Waals surface area (Å²) in [7, 11) is 1.65. The molecular formula is C22H24N2O3S2. The smallest absolute Gasteiger partial charge is 0.239 e. The maximum Gasteiger partial charge on any atom is 0.239 e. The molecular weight excluding hydrogens is 404 g/mol. The van der Waals surface area contributed by atoms with E-state index < -0.39 is 0 Å². The van der Waals surface area contributed by atoms with Crippen molar-refractivity contribution in [3.05, 3.63) is 48.0 Å². The van der Waals surface area contributed by atoms with Crippen LogP contribution in [0.4, 0.5) is 5.13 Å². The highest BCUT2D eigenvalue weighted by molar-refractivity contribution is 8.00. The highest BCUT2D eigenvalue weighted by Gasteiger charge is 2.26. The predicted molar refractivity (Wildman–Crippen MR) is 119 cm³/mol. The Morgan fingerprint density at radius 3 is 2.86 bits per heavy atom. The Labute approximate surface area is 179 Å². The van der Waals surface area contributed by atoms with Crippen molar-refractivity contribution in [2.24, 2.45) is 0 Å². The summed E-state index contributed by atoms with van der Waals surface area (Å²) in [5.74, 6) is 1.21. The fraction of sp³-hybridized carbons (Fsp3) is 0.364. The van der Waals surface area contributed by atoms with Crippen LogP contribution in [0.25, 0.3) is 10.2 Å². The van der Waals surface area contributed by atoms with Gasteiger partial charge in [-0.25, -0.2) is 4.98 Å². The minimum Gasteiger partial charge on any atom is -0.497 e. The maximum absolute atomic E-state index is 13.2. The summed E-state index contributed by atoms with van der Waals surface area (Å²) in [4.78, 5) is 20.8. The van der Waals surface area contributed by atoms with Crippen LogP contribution in [0.5, 0.6) is 5.75 Å². The van der Waals surface area contributed by atoms with Crippen LogP contribution in [0.2, 0.25) is 0 Å². The summed E-state index contributed by atoms with van der Waals surface area (Å²) in [5, 5.41) is 0.721. The second-order valence-corrected chi connectivity index (χ2v) is 9.13. The molecule has 29 heavy (non-hydrogen) atoms. The number of anilines is 1. The first-order valence-corrected chi connectivity index (χ1v) is 11.5. The van der Waals surface area contributed by atoms with E-state index in [1.54, 1.807) is 23.8 Å². The van der Waals surface area contributed by atoms with Crippen molar-refractivity contribution in [1.29, 1.82) is 0 Å².